The summed E-state index contributed by atoms with van der Waals surface area (Å²) in [4.78, 5) is 24.0. The first-order valence-electron chi connectivity index (χ1n) is 11.5. The maximum absolute atomic E-state index is 14.1. The molecule has 0 aliphatic rings. The van der Waals surface area contributed by atoms with Gasteiger partial charge in [0.15, 0.2) is 0 Å². The molecule has 0 amide bonds. The van der Waals surface area contributed by atoms with Crippen LogP contribution in [0, 0.1) is 5.82 Å². The number of hydrogen-bond acceptors (Lipinski definition) is 6. The Hall–Kier alpha value is -3.71. The van der Waals surface area contributed by atoms with Crippen LogP contribution in [0.15, 0.2) is 66.7 Å². The van der Waals surface area contributed by atoms with Gasteiger partial charge < -0.3 is 19.5 Å². The smallest absolute Gasteiger partial charge is 0.310 e. The zero-order valence-corrected chi connectivity index (χ0v) is 20.0. The lowest BCUT2D eigenvalue weighted by Crippen LogP contribution is -2.19. The van der Waals surface area contributed by atoms with Crippen LogP contribution < -0.4 is 10.1 Å². The average molecular weight is 480 g/mol. The molecular formula is C28H30FNO5. The summed E-state index contributed by atoms with van der Waals surface area (Å²) in [5, 5.41) is 3.19. The Morgan fingerprint density at radius 1 is 0.886 bits per heavy atom. The molecule has 0 unspecified atom stereocenters. The summed E-state index contributed by atoms with van der Waals surface area (Å²) >= 11 is 0. The molecule has 0 heterocycles. The van der Waals surface area contributed by atoms with Gasteiger partial charge in [-0.3, -0.25) is 9.59 Å². The van der Waals surface area contributed by atoms with Gasteiger partial charge in [-0.05, 0) is 53.4 Å². The highest BCUT2D eigenvalue weighted by molar-refractivity contribution is 5.77. The maximum atomic E-state index is 14.1. The second-order valence-corrected chi connectivity index (χ2v) is 7.89. The van der Waals surface area contributed by atoms with Crippen molar-refractivity contribution >= 4 is 11.9 Å². The number of hydrogen-bond donors (Lipinski definition) is 1. The zero-order chi connectivity index (χ0) is 25.0. The van der Waals surface area contributed by atoms with Gasteiger partial charge in [-0.15, -0.1) is 0 Å². The number of carbonyl (C=O) groups is 2. The van der Waals surface area contributed by atoms with E-state index in [1.807, 2.05) is 42.5 Å². The van der Waals surface area contributed by atoms with Crippen LogP contribution in [0.3, 0.4) is 0 Å². The molecule has 0 radical (unpaired) electrons. The van der Waals surface area contributed by atoms with Gasteiger partial charge in [-0.2, -0.15) is 0 Å². The number of methoxy groups -OCH3 is 1. The van der Waals surface area contributed by atoms with Crippen molar-refractivity contribution in [2.75, 3.05) is 20.3 Å². The minimum Gasteiger partial charge on any atom is -0.496 e. The highest BCUT2D eigenvalue weighted by atomic mass is 19.1. The molecule has 35 heavy (non-hydrogen) atoms. The number of carbonyl (C=O) groups excluding carboxylic acids is 2. The second kappa shape index (κ2) is 13.2. The number of esters is 2. The summed E-state index contributed by atoms with van der Waals surface area (Å²) < 4.78 is 29.9. The van der Waals surface area contributed by atoms with Crippen LogP contribution in [-0.2, 0) is 38.6 Å². The predicted molar refractivity (Wildman–Crippen MR) is 131 cm³/mol. The van der Waals surface area contributed by atoms with Crippen LogP contribution >= 0.6 is 0 Å². The molecule has 3 aromatic carbocycles. The summed E-state index contributed by atoms with van der Waals surface area (Å²) in [6.07, 6.45) is 0.320. The summed E-state index contributed by atoms with van der Waals surface area (Å²) in [5.74, 6) is -0.387. The van der Waals surface area contributed by atoms with E-state index in [2.05, 4.69) is 5.32 Å². The fourth-order valence-corrected chi connectivity index (χ4v) is 3.65. The molecule has 0 saturated heterocycles. The highest BCUT2D eigenvalue weighted by Crippen LogP contribution is 2.34. The Bertz CT molecular complexity index is 1130. The van der Waals surface area contributed by atoms with Crippen LogP contribution in [0.1, 0.15) is 30.0 Å². The molecule has 3 rings (SSSR count). The molecule has 7 heteroatoms. The van der Waals surface area contributed by atoms with Gasteiger partial charge in [-0.1, -0.05) is 42.5 Å². The fraction of sp³-hybridized carbons (Fsp3) is 0.286. The number of benzene rings is 3. The minimum atomic E-state index is -0.366. The first-order chi connectivity index (χ1) is 17.0. The van der Waals surface area contributed by atoms with Crippen molar-refractivity contribution in [2.45, 2.75) is 32.9 Å². The molecule has 0 aliphatic carbocycles. The van der Waals surface area contributed by atoms with E-state index in [4.69, 9.17) is 14.2 Å². The standard InChI is InChI=1S/C28H30FNO5/c1-3-34-28(32)16-21-9-12-26(33-2)25(15-21)24-11-10-23(29)17-22(24)18-30-14-13-27(31)35-19-20-7-5-4-6-8-20/h4-12,15,17,30H,3,13-14,16,18-19H2,1-2H3. The Labute approximate surface area is 205 Å². The summed E-state index contributed by atoms with van der Waals surface area (Å²) in [6, 6.07) is 19.5. The molecule has 0 saturated carbocycles. The molecule has 0 spiro atoms. The van der Waals surface area contributed by atoms with Gasteiger partial charge in [0.25, 0.3) is 0 Å². The van der Waals surface area contributed by atoms with Crippen molar-refractivity contribution in [2.24, 2.45) is 0 Å². The first-order valence-corrected chi connectivity index (χ1v) is 11.5. The third kappa shape index (κ3) is 7.93. The molecule has 184 valence electrons. The third-order valence-electron chi connectivity index (χ3n) is 5.34. The van der Waals surface area contributed by atoms with Gasteiger partial charge in [0.05, 0.1) is 26.6 Å². The SMILES string of the molecule is CCOC(=O)Cc1ccc(OC)c(-c2ccc(F)cc2CNCCC(=O)OCc2ccccc2)c1. The van der Waals surface area contributed by atoms with Crippen LogP contribution in [0.4, 0.5) is 4.39 Å². The topological polar surface area (TPSA) is 73.9 Å². The lowest BCUT2D eigenvalue weighted by Gasteiger charge is -2.15. The lowest BCUT2D eigenvalue weighted by molar-refractivity contribution is -0.145. The first kappa shape index (κ1) is 25.9. The number of ether oxygens (including phenoxy) is 3. The number of nitrogens with one attached hydrogen (secondary N) is 1. The van der Waals surface area contributed by atoms with Crippen molar-refractivity contribution in [1.82, 2.24) is 5.32 Å². The molecule has 6 nitrogen and oxygen atoms in total. The normalized spacial score (nSPS) is 10.6. The van der Waals surface area contributed by atoms with E-state index in [-0.39, 0.29) is 37.2 Å². The molecular weight excluding hydrogens is 449 g/mol. The van der Waals surface area contributed by atoms with Gasteiger partial charge in [-0.25, -0.2) is 4.39 Å². The summed E-state index contributed by atoms with van der Waals surface area (Å²) in [6.45, 7) is 3.02. The van der Waals surface area contributed by atoms with Gasteiger partial charge in [0.1, 0.15) is 18.2 Å². The van der Waals surface area contributed by atoms with Crippen molar-refractivity contribution in [1.29, 1.82) is 0 Å². The Morgan fingerprint density at radius 3 is 2.43 bits per heavy atom. The zero-order valence-electron chi connectivity index (χ0n) is 20.0. The van der Waals surface area contributed by atoms with Crippen molar-refractivity contribution < 1.29 is 28.2 Å². The largest absolute Gasteiger partial charge is 0.496 e. The molecule has 0 aromatic heterocycles. The fourth-order valence-electron chi connectivity index (χ4n) is 3.65. The number of halogens is 1. The molecule has 1 N–H and O–H groups in total. The molecule has 0 atom stereocenters. The van der Waals surface area contributed by atoms with E-state index >= 15 is 0 Å². The average Bonchev–Trinajstić information content (AvgIpc) is 2.86. The number of rotatable bonds is 12. The van der Waals surface area contributed by atoms with Crippen molar-refractivity contribution in [3.8, 4) is 16.9 Å². The van der Waals surface area contributed by atoms with E-state index in [1.54, 1.807) is 26.2 Å². The van der Waals surface area contributed by atoms with Crippen LogP contribution in [0.5, 0.6) is 5.75 Å². The van der Waals surface area contributed by atoms with E-state index < -0.39 is 0 Å². The summed E-state index contributed by atoms with van der Waals surface area (Å²) in [7, 11) is 1.56. The second-order valence-electron chi connectivity index (χ2n) is 7.89. The quantitative estimate of drug-likeness (QED) is 0.296. The molecule has 0 aliphatic heterocycles. The van der Waals surface area contributed by atoms with Crippen LogP contribution in [0.25, 0.3) is 11.1 Å². The summed E-state index contributed by atoms with van der Waals surface area (Å²) in [5.41, 5.74) is 3.91. The van der Waals surface area contributed by atoms with Crippen molar-refractivity contribution in [3.63, 3.8) is 0 Å². The monoisotopic (exact) mass is 479 g/mol. The molecule has 3 aromatic rings. The molecule has 0 bridgehead atoms. The Morgan fingerprint density at radius 2 is 1.69 bits per heavy atom. The minimum absolute atomic E-state index is 0.130. The Balaban J connectivity index is 1.65. The van der Waals surface area contributed by atoms with E-state index in [1.165, 1.54) is 12.1 Å². The van der Waals surface area contributed by atoms with Gasteiger partial charge in [0.2, 0.25) is 0 Å². The third-order valence-corrected chi connectivity index (χ3v) is 5.34. The van der Waals surface area contributed by atoms with E-state index in [0.29, 0.717) is 31.0 Å². The highest BCUT2D eigenvalue weighted by Gasteiger charge is 2.14. The van der Waals surface area contributed by atoms with Crippen molar-refractivity contribution in [3.05, 3.63) is 89.2 Å². The van der Waals surface area contributed by atoms with E-state index in [9.17, 15) is 14.0 Å². The van der Waals surface area contributed by atoms with Gasteiger partial charge in [0, 0.05) is 18.7 Å². The maximum Gasteiger partial charge on any atom is 0.310 e. The molecule has 0 fully saturated rings. The van der Waals surface area contributed by atoms with Crippen LogP contribution in [0.2, 0.25) is 0 Å². The van der Waals surface area contributed by atoms with Gasteiger partial charge >= 0.3 is 11.9 Å². The lowest BCUT2D eigenvalue weighted by atomic mass is 9.96. The predicted octanol–water partition coefficient (Wildman–Crippen LogP) is 4.83. The van der Waals surface area contributed by atoms with Crippen LogP contribution in [-0.4, -0.2) is 32.2 Å². The van der Waals surface area contributed by atoms with E-state index in [0.717, 1.165) is 22.3 Å². The Kier molecular flexibility index (Phi) is 9.80.